The van der Waals surface area contributed by atoms with Crippen LogP contribution in [0.15, 0.2) is 42.5 Å². The Labute approximate surface area is 201 Å². The summed E-state index contributed by atoms with van der Waals surface area (Å²) in [6.07, 6.45) is 4.51. The van der Waals surface area contributed by atoms with Crippen LogP contribution in [-0.4, -0.2) is 45.5 Å². The van der Waals surface area contributed by atoms with Crippen molar-refractivity contribution in [1.82, 2.24) is 0 Å². The lowest BCUT2D eigenvalue weighted by Crippen LogP contribution is -2.35. The molecule has 2 rings (SSSR count). The van der Waals surface area contributed by atoms with Crippen LogP contribution in [0.4, 0.5) is 8.78 Å². The molecule has 0 bridgehead atoms. The summed E-state index contributed by atoms with van der Waals surface area (Å²) in [6, 6.07) is 9.68. The van der Waals surface area contributed by atoms with Crippen LogP contribution >= 0.6 is 0 Å². The number of ether oxygens (including phenoxy) is 1. The van der Waals surface area contributed by atoms with E-state index < -0.39 is 24.1 Å². The van der Waals surface area contributed by atoms with Crippen LogP contribution in [0.3, 0.4) is 0 Å². The monoisotopic (exact) mass is 482 g/mol. The third kappa shape index (κ3) is 9.43. The highest BCUT2D eigenvalue weighted by Gasteiger charge is 2.44. The first kappa shape index (κ1) is 28.4. The number of carboxylic acid groups (broad SMARTS) is 1. The van der Waals surface area contributed by atoms with E-state index in [2.05, 4.69) is 0 Å². The average Bonchev–Trinajstić information content (AvgIpc) is 3.11. The van der Waals surface area contributed by atoms with Crippen LogP contribution < -0.4 is 0 Å². The molecule has 1 saturated carbocycles. The summed E-state index contributed by atoms with van der Waals surface area (Å²) in [7, 11) is 0. The fraction of sp³-hybridized carbons (Fsp3) is 0.667. The number of carboxylic acids is 1. The maximum absolute atomic E-state index is 14.3. The zero-order valence-electron chi connectivity index (χ0n) is 20.1. The number of aliphatic hydroxyl groups excluding tert-OH is 2. The number of aliphatic carboxylic acids is 1. The molecular weight excluding hydrogens is 442 g/mol. The van der Waals surface area contributed by atoms with E-state index in [0.717, 1.165) is 5.56 Å². The summed E-state index contributed by atoms with van der Waals surface area (Å²) < 4.78 is 34.8. The smallest absolute Gasteiger partial charge is 0.303 e. The second-order valence-electron chi connectivity index (χ2n) is 9.42. The van der Waals surface area contributed by atoms with Gasteiger partial charge in [-0.15, -0.1) is 0 Å². The zero-order chi connectivity index (χ0) is 25.0. The van der Waals surface area contributed by atoms with Crippen molar-refractivity contribution < 1.29 is 33.6 Å². The molecule has 0 amide bonds. The highest BCUT2D eigenvalue weighted by atomic mass is 19.3. The van der Waals surface area contributed by atoms with Crippen molar-refractivity contribution in [3.63, 3.8) is 0 Å². The molecule has 1 aromatic carbocycles. The molecule has 7 heteroatoms. The van der Waals surface area contributed by atoms with Gasteiger partial charge in [0.1, 0.15) is 6.10 Å². The molecule has 1 aliphatic carbocycles. The van der Waals surface area contributed by atoms with Gasteiger partial charge in [-0.05, 0) is 55.9 Å². The molecule has 1 fully saturated rings. The van der Waals surface area contributed by atoms with E-state index in [4.69, 9.17) is 9.84 Å². The van der Waals surface area contributed by atoms with Crippen LogP contribution in [0, 0.1) is 11.8 Å². The van der Waals surface area contributed by atoms with Gasteiger partial charge in [0.25, 0.3) is 5.92 Å². The molecule has 5 nitrogen and oxygen atoms in total. The number of aliphatic hydroxyl groups is 2. The predicted octanol–water partition coefficient (Wildman–Crippen LogP) is 5.74. The van der Waals surface area contributed by atoms with Gasteiger partial charge < -0.3 is 20.1 Å². The van der Waals surface area contributed by atoms with Crippen molar-refractivity contribution in [3.8, 4) is 0 Å². The van der Waals surface area contributed by atoms with Crippen molar-refractivity contribution in [1.29, 1.82) is 0 Å². The van der Waals surface area contributed by atoms with Crippen LogP contribution in [0.1, 0.15) is 76.7 Å². The minimum atomic E-state index is -3.12. The van der Waals surface area contributed by atoms with Gasteiger partial charge >= 0.3 is 5.97 Å². The van der Waals surface area contributed by atoms with E-state index in [-0.39, 0.29) is 37.2 Å². The molecule has 192 valence electrons. The van der Waals surface area contributed by atoms with Crippen LogP contribution in [0.25, 0.3) is 0 Å². The third-order valence-corrected chi connectivity index (χ3v) is 6.76. The molecule has 1 unspecified atom stereocenters. The average molecular weight is 483 g/mol. The van der Waals surface area contributed by atoms with Crippen LogP contribution in [-0.2, 0) is 16.1 Å². The van der Waals surface area contributed by atoms with Gasteiger partial charge in [0.15, 0.2) is 0 Å². The molecule has 34 heavy (non-hydrogen) atoms. The quantitative estimate of drug-likeness (QED) is 0.207. The molecule has 0 saturated heterocycles. The number of carbonyl (C=O) groups is 1. The molecule has 0 aromatic heterocycles. The first-order chi connectivity index (χ1) is 16.2. The topological polar surface area (TPSA) is 87.0 Å². The summed E-state index contributed by atoms with van der Waals surface area (Å²) >= 11 is 0. The molecule has 5 atom stereocenters. The zero-order valence-corrected chi connectivity index (χ0v) is 20.1. The normalized spacial score (nSPS) is 24.0. The molecule has 0 radical (unpaired) electrons. The standard InChI is InChI=1S/C27H40F2O5/c1-2-3-17-27(28,29)25(31)16-15-22-21(13-9-4-5-10-14-26(32)33)23(30)18-24(22)34-19-20-11-7-6-8-12-20/h4,6-9,11-12,21-25,30-31H,2-3,5,10,13-19H2,1H3,(H,32,33)/t21-,22-,23+,24-,25?/m1/s1. The molecule has 0 spiro atoms. The van der Waals surface area contributed by atoms with E-state index in [1.54, 1.807) is 0 Å². The van der Waals surface area contributed by atoms with E-state index >= 15 is 0 Å². The van der Waals surface area contributed by atoms with Crippen molar-refractivity contribution >= 4 is 5.97 Å². The minimum absolute atomic E-state index is 0.0435. The van der Waals surface area contributed by atoms with Gasteiger partial charge in [0.2, 0.25) is 0 Å². The number of unbranched alkanes of at least 4 members (excludes halogenated alkanes) is 2. The minimum Gasteiger partial charge on any atom is -0.481 e. The maximum atomic E-state index is 14.3. The SMILES string of the molecule is CCCCC(F)(F)C(O)CC[C@@H]1[C@@H](CC=CCCCC(=O)O)[C@@H](O)C[C@H]1OCc1ccccc1. The van der Waals surface area contributed by atoms with E-state index in [9.17, 15) is 23.8 Å². The van der Waals surface area contributed by atoms with E-state index in [0.29, 0.717) is 51.6 Å². The van der Waals surface area contributed by atoms with Crippen molar-refractivity contribution in [2.24, 2.45) is 11.8 Å². The summed E-state index contributed by atoms with van der Waals surface area (Å²) in [5, 5.41) is 29.7. The van der Waals surface area contributed by atoms with Gasteiger partial charge in [-0.1, -0.05) is 55.8 Å². The number of rotatable bonds is 16. The molecule has 3 N–H and O–H groups in total. The first-order valence-electron chi connectivity index (χ1n) is 12.5. The Balaban J connectivity index is 2.01. The number of hydrogen-bond acceptors (Lipinski definition) is 4. The van der Waals surface area contributed by atoms with Crippen LogP contribution in [0.5, 0.6) is 0 Å². The Bertz CT molecular complexity index is 740. The molecular formula is C27H40F2O5. The van der Waals surface area contributed by atoms with Gasteiger partial charge in [-0.2, -0.15) is 0 Å². The summed E-state index contributed by atoms with van der Waals surface area (Å²) in [6.45, 7) is 2.22. The lowest BCUT2D eigenvalue weighted by atomic mass is 9.85. The van der Waals surface area contributed by atoms with Gasteiger partial charge in [-0.25, -0.2) is 8.78 Å². The summed E-state index contributed by atoms with van der Waals surface area (Å²) in [5.41, 5.74) is 1.00. The lowest BCUT2D eigenvalue weighted by molar-refractivity contribution is -0.137. The van der Waals surface area contributed by atoms with E-state index in [1.165, 1.54) is 0 Å². The Hall–Kier alpha value is -1.83. The number of benzene rings is 1. The number of hydrogen-bond donors (Lipinski definition) is 3. The predicted molar refractivity (Wildman–Crippen MR) is 128 cm³/mol. The van der Waals surface area contributed by atoms with Crippen molar-refractivity contribution in [2.75, 3.05) is 0 Å². The molecule has 0 heterocycles. The highest BCUT2D eigenvalue weighted by molar-refractivity contribution is 5.66. The Morgan fingerprint density at radius 2 is 1.94 bits per heavy atom. The Kier molecular flexibility index (Phi) is 12.2. The highest BCUT2D eigenvalue weighted by Crippen LogP contribution is 2.41. The Morgan fingerprint density at radius 1 is 1.21 bits per heavy atom. The Morgan fingerprint density at radius 3 is 2.62 bits per heavy atom. The third-order valence-electron chi connectivity index (χ3n) is 6.76. The van der Waals surface area contributed by atoms with Gasteiger partial charge in [0.05, 0.1) is 18.8 Å². The largest absolute Gasteiger partial charge is 0.481 e. The molecule has 0 aliphatic heterocycles. The van der Waals surface area contributed by atoms with Gasteiger partial charge in [0, 0.05) is 19.3 Å². The molecule has 1 aromatic rings. The lowest BCUT2D eigenvalue weighted by Gasteiger charge is -2.28. The number of alkyl halides is 2. The first-order valence-corrected chi connectivity index (χ1v) is 12.5. The van der Waals surface area contributed by atoms with Crippen LogP contribution in [0.2, 0.25) is 0 Å². The van der Waals surface area contributed by atoms with Crippen molar-refractivity contribution in [3.05, 3.63) is 48.0 Å². The van der Waals surface area contributed by atoms with Gasteiger partial charge in [-0.3, -0.25) is 4.79 Å². The molecule has 1 aliphatic rings. The number of allylic oxidation sites excluding steroid dienone is 2. The summed E-state index contributed by atoms with van der Waals surface area (Å²) in [4.78, 5) is 10.6. The fourth-order valence-corrected chi connectivity index (χ4v) is 4.73. The second-order valence-corrected chi connectivity index (χ2v) is 9.42. The number of halogens is 2. The van der Waals surface area contributed by atoms with Crippen molar-refractivity contribution in [2.45, 2.75) is 102 Å². The maximum Gasteiger partial charge on any atom is 0.303 e. The summed E-state index contributed by atoms with van der Waals surface area (Å²) in [5.74, 6) is -4.26. The second kappa shape index (κ2) is 14.5. The van der Waals surface area contributed by atoms with E-state index in [1.807, 2.05) is 49.4 Å². The fourth-order valence-electron chi connectivity index (χ4n) is 4.73.